The van der Waals surface area contributed by atoms with Crippen LogP contribution in [0, 0.1) is 11.6 Å². The monoisotopic (exact) mass is 287 g/mol. The maximum atomic E-state index is 13.0. The molecule has 0 saturated heterocycles. The van der Waals surface area contributed by atoms with Gasteiger partial charge < -0.3 is 5.32 Å². The highest BCUT2D eigenvalue weighted by Crippen LogP contribution is 2.10. The molecule has 1 N–H and O–H groups in total. The smallest absolute Gasteiger partial charge is 0.248 e. The summed E-state index contributed by atoms with van der Waals surface area (Å²) < 4.78 is 25.7. The second-order valence-corrected chi connectivity index (χ2v) is 4.18. The summed E-state index contributed by atoms with van der Waals surface area (Å²) in [7, 11) is 0. The molecule has 0 radical (unpaired) electrons. The highest BCUT2D eigenvalue weighted by atomic mass is 19.2. The van der Waals surface area contributed by atoms with Crippen molar-refractivity contribution in [3.8, 4) is 0 Å². The number of para-hydroxylation sites is 1. The number of allylic oxidation sites excluding steroid dienone is 1. The molecule has 0 atom stereocenters. The first-order valence-electron chi connectivity index (χ1n) is 6.10. The lowest BCUT2D eigenvalue weighted by Crippen LogP contribution is -2.08. The molecular formula is C16H11F2NO2. The minimum atomic E-state index is -1.11. The van der Waals surface area contributed by atoms with Crippen molar-refractivity contribution in [2.75, 3.05) is 5.32 Å². The van der Waals surface area contributed by atoms with Crippen LogP contribution in [0.1, 0.15) is 10.4 Å². The van der Waals surface area contributed by atoms with Gasteiger partial charge in [-0.2, -0.15) is 0 Å². The Balaban J connectivity index is 2.01. The van der Waals surface area contributed by atoms with Crippen LogP contribution < -0.4 is 5.32 Å². The quantitative estimate of drug-likeness (QED) is 0.692. The Labute approximate surface area is 119 Å². The van der Waals surface area contributed by atoms with Crippen LogP contribution in [0.4, 0.5) is 14.5 Å². The molecule has 0 heterocycles. The molecule has 2 rings (SSSR count). The van der Waals surface area contributed by atoms with E-state index < -0.39 is 23.3 Å². The van der Waals surface area contributed by atoms with Gasteiger partial charge in [-0.1, -0.05) is 18.2 Å². The molecule has 0 unspecified atom stereocenters. The minimum absolute atomic E-state index is 0.0299. The van der Waals surface area contributed by atoms with Gasteiger partial charge in [0.1, 0.15) is 0 Å². The van der Waals surface area contributed by atoms with Crippen molar-refractivity contribution in [3.63, 3.8) is 0 Å². The molecule has 0 bridgehead atoms. The van der Waals surface area contributed by atoms with Crippen molar-refractivity contribution in [2.24, 2.45) is 0 Å². The number of benzene rings is 2. The second kappa shape index (κ2) is 6.56. The number of ketones is 1. The summed E-state index contributed by atoms with van der Waals surface area (Å²) in [5, 5.41) is 2.56. The standard InChI is InChI=1S/C16H11F2NO2/c17-13-7-6-11(10-14(13)18)15(20)8-9-16(21)19-12-4-2-1-3-5-12/h1-10H,(H,19,21)/b9-8+. The molecule has 3 nitrogen and oxygen atoms in total. The molecule has 0 aliphatic carbocycles. The van der Waals surface area contributed by atoms with Gasteiger partial charge in [0.05, 0.1) is 0 Å². The zero-order valence-electron chi connectivity index (χ0n) is 10.8. The van der Waals surface area contributed by atoms with Crippen LogP contribution in [0.15, 0.2) is 60.7 Å². The molecule has 2 aromatic carbocycles. The van der Waals surface area contributed by atoms with Gasteiger partial charge in [0.15, 0.2) is 17.4 Å². The van der Waals surface area contributed by atoms with Gasteiger partial charge in [-0.05, 0) is 36.4 Å². The third-order valence-electron chi connectivity index (χ3n) is 2.63. The molecule has 0 saturated carbocycles. The number of halogens is 2. The van der Waals surface area contributed by atoms with Gasteiger partial charge in [0, 0.05) is 17.3 Å². The number of amides is 1. The van der Waals surface area contributed by atoms with Crippen LogP contribution in [0.2, 0.25) is 0 Å². The van der Waals surface area contributed by atoms with Gasteiger partial charge in [-0.3, -0.25) is 9.59 Å². The Kier molecular flexibility index (Phi) is 4.56. The van der Waals surface area contributed by atoms with Crippen LogP contribution >= 0.6 is 0 Å². The second-order valence-electron chi connectivity index (χ2n) is 4.18. The maximum absolute atomic E-state index is 13.0. The highest BCUT2D eigenvalue weighted by molar-refractivity contribution is 6.09. The number of hydrogen-bond donors (Lipinski definition) is 1. The molecule has 0 aliphatic rings. The summed E-state index contributed by atoms with van der Waals surface area (Å²) in [5.74, 6) is -3.21. The summed E-state index contributed by atoms with van der Waals surface area (Å²) >= 11 is 0. The van der Waals surface area contributed by atoms with E-state index >= 15 is 0 Å². The van der Waals surface area contributed by atoms with Crippen molar-refractivity contribution in [1.82, 2.24) is 0 Å². The van der Waals surface area contributed by atoms with E-state index in [0.717, 1.165) is 30.4 Å². The number of carbonyl (C=O) groups is 2. The van der Waals surface area contributed by atoms with Crippen molar-refractivity contribution in [3.05, 3.63) is 77.9 Å². The van der Waals surface area contributed by atoms with E-state index in [9.17, 15) is 18.4 Å². The van der Waals surface area contributed by atoms with E-state index in [0.29, 0.717) is 5.69 Å². The average Bonchev–Trinajstić information content (AvgIpc) is 2.48. The van der Waals surface area contributed by atoms with Gasteiger partial charge in [-0.25, -0.2) is 8.78 Å². The molecule has 1 amide bonds. The summed E-state index contributed by atoms with van der Waals surface area (Å²) in [5.41, 5.74) is 0.560. The lowest BCUT2D eigenvalue weighted by Gasteiger charge is -2.00. The first kappa shape index (κ1) is 14.6. The third kappa shape index (κ3) is 4.07. The summed E-state index contributed by atoms with van der Waals surface area (Å²) in [6, 6.07) is 11.5. The van der Waals surface area contributed by atoms with Gasteiger partial charge >= 0.3 is 0 Å². The lowest BCUT2D eigenvalue weighted by molar-refractivity contribution is -0.111. The molecule has 2 aromatic rings. The van der Waals surface area contributed by atoms with E-state index in [1.807, 2.05) is 0 Å². The Morgan fingerprint density at radius 2 is 1.62 bits per heavy atom. The fraction of sp³-hybridized carbons (Fsp3) is 0. The van der Waals surface area contributed by atoms with Crippen LogP contribution in [-0.4, -0.2) is 11.7 Å². The largest absolute Gasteiger partial charge is 0.323 e. The van der Waals surface area contributed by atoms with Crippen molar-refractivity contribution >= 4 is 17.4 Å². The topological polar surface area (TPSA) is 46.2 Å². The Bertz CT molecular complexity index is 697. The van der Waals surface area contributed by atoms with Crippen LogP contribution in [0.25, 0.3) is 0 Å². The Morgan fingerprint density at radius 1 is 0.905 bits per heavy atom. The molecule has 106 valence electrons. The number of anilines is 1. The predicted octanol–water partition coefficient (Wildman–Crippen LogP) is 3.34. The van der Waals surface area contributed by atoms with Crippen molar-refractivity contribution < 1.29 is 18.4 Å². The minimum Gasteiger partial charge on any atom is -0.323 e. The SMILES string of the molecule is O=C(/C=C/C(=O)c1ccc(F)c(F)c1)Nc1ccccc1. The van der Waals surface area contributed by atoms with Crippen molar-refractivity contribution in [2.45, 2.75) is 0 Å². The third-order valence-corrected chi connectivity index (χ3v) is 2.63. The Hall–Kier alpha value is -2.82. The first-order chi connectivity index (χ1) is 10.1. The molecule has 5 heteroatoms. The predicted molar refractivity (Wildman–Crippen MR) is 74.9 cm³/mol. The molecular weight excluding hydrogens is 276 g/mol. The molecule has 0 fully saturated rings. The van der Waals surface area contributed by atoms with E-state index in [1.165, 1.54) is 0 Å². The summed E-state index contributed by atoms with van der Waals surface area (Å²) in [6.07, 6.45) is 2.04. The number of nitrogens with one attached hydrogen (secondary N) is 1. The van der Waals surface area contributed by atoms with Gasteiger partial charge in [0.25, 0.3) is 0 Å². The lowest BCUT2D eigenvalue weighted by atomic mass is 10.1. The van der Waals surface area contributed by atoms with E-state index in [4.69, 9.17) is 0 Å². The first-order valence-corrected chi connectivity index (χ1v) is 6.10. The normalized spacial score (nSPS) is 10.6. The molecule has 21 heavy (non-hydrogen) atoms. The Morgan fingerprint density at radius 3 is 2.29 bits per heavy atom. The summed E-state index contributed by atoms with van der Waals surface area (Å²) in [4.78, 5) is 23.3. The number of rotatable bonds is 4. The molecule has 0 spiro atoms. The van der Waals surface area contributed by atoms with Crippen molar-refractivity contribution in [1.29, 1.82) is 0 Å². The van der Waals surface area contributed by atoms with Gasteiger partial charge in [-0.15, -0.1) is 0 Å². The summed E-state index contributed by atoms with van der Waals surface area (Å²) in [6.45, 7) is 0. The number of carbonyl (C=O) groups excluding carboxylic acids is 2. The fourth-order valence-corrected chi connectivity index (χ4v) is 1.60. The molecule has 0 aliphatic heterocycles. The highest BCUT2D eigenvalue weighted by Gasteiger charge is 2.07. The van der Waals surface area contributed by atoms with Gasteiger partial charge in [0.2, 0.25) is 5.91 Å². The zero-order valence-corrected chi connectivity index (χ0v) is 10.8. The van der Waals surface area contributed by atoms with E-state index in [2.05, 4.69) is 5.32 Å². The van der Waals surface area contributed by atoms with E-state index in [-0.39, 0.29) is 5.56 Å². The van der Waals surface area contributed by atoms with E-state index in [1.54, 1.807) is 30.3 Å². The van der Waals surface area contributed by atoms with Crippen LogP contribution in [0.3, 0.4) is 0 Å². The number of hydrogen-bond acceptors (Lipinski definition) is 2. The van der Waals surface area contributed by atoms with Crippen LogP contribution in [0.5, 0.6) is 0 Å². The van der Waals surface area contributed by atoms with Crippen LogP contribution in [-0.2, 0) is 4.79 Å². The molecule has 0 aromatic heterocycles. The zero-order chi connectivity index (χ0) is 15.2. The maximum Gasteiger partial charge on any atom is 0.248 e. The fourth-order valence-electron chi connectivity index (χ4n) is 1.60. The average molecular weight is 287 g/mol.